The van der Waals surface area contributed by atoms with Crippen LogP contribution in [0.2, 0.25) is 0 Å². The van der Waals surface area contributed by atoms with Gasteiger partial charge in [-0.1, -0.05) is 54.6 Å². The van der Waals surface area contributed by atoms with Gasteiger partial charge in [0.2, 0.25) is 0 Å². The van der Waals surface area contributed by atoms with Gasteiger partial charge in [0.15, 0.2) is 0 Å². The number of benzene rings is 4. The summed E-state index contributed by atoms with van der Waals surface area (Å²) in [6.07, 6.45) is 3.89. The quantitative estimate of drug-likeness (QED) is 0.220. The third kappa shape index (κ3) is 3.74. The van der Waals surface area contributed by atoms with E-state index in [4.69, 9.17) is 0 Å². The summed E-state index contributed by atoms with van der Waals surface area (Å²) < 4.78 is 2.36. The number of hydrogen-bond acceptors (Lipinski definition) is 2. The summed E-state index contributed by atoms with van der Waals surface area (Å²) in [7, 11) is 0. The summed E-state index contributed by atoms with van der Waals surface area (Å²) in [5, 5.41) is 2.50. The molecule has 0 amide bonds. The van der Waals surface area contributed by atoms with Gasteiger partial charge in [0, 0.05) is 22.7 Å². The van der Waals surface area contributed by atoms with Gasteiger partial charge in [-0.15, -0.1) is 0 Å². The van der Waals surface area contributed by atoms with Crippen LogP contribution in [0.5, 0.6) is 0 Å². The molecule has 0 aliphatic carbocycles. The summed E-state index contributed by atoms with van der Waals surface area (Å²) in [5.74, 6) is 0. The molecule has 38 heavy (non-hydrogen) atoms. The second kappa shape index (κ2) is 9.42. The number of rotatable bonds is 5. The van der Waals surface area contributed by atoms with Gasteiger partial charge >= 0.3 is 0 Å². The minimum absolute atomic E-state index is 0.598. The minimum Gasteiger partial charge on any atom is -0.308 e. The Balaban J connectivity index is 1.64. The molecule has 0 aliphatic rings. The van der Waals surface area contributed by atoms with Crippen LogP contribution < -0.4 is 0 Å². The zero-order valence-electron chi connectivity index (χ0n) is 22.4. The van der Waals surface area contributed by atoms with E-state index < -0.39 is 0 Å². The van der Waals surface area contributed by atoms with Crippen molar-refractivity contribution in [3.05, 3.63) is 119 Å². The molecule has 0 fully saturated rings. The number of aliphatic imine (C=N–C) groups is 1. The lowest BCUT2D eigenvalue weighted by Crippen LogP contribution is -1.99. The molecule has 0 N–H and O–H groups in total. The fourth-order valence-corrected chi connectivity index (χ4v) is 5.96. The molecule has 6 aromatic rings. The number of nitrogens with zero attached hydrogens (tertiary/aromatic N) is 3. The van der Waals surface area contributed by atoms with Crippen molar-refractivity contribution in [2.24, 2.45) is 4.99 Å². The van der Waals surface area contributed by atoms with Crippen LogP contribution in [-0.4, -0.2) is 16.3 Å². The minimum atomic E-state index is 0.598. The fraction of sp³-hybridized carbons (Fsp3) is 0.143. The molecule has 6 rings (SSSR count). The first-order chi connectivity index (χ1) is 18.5. The molecule has 3 nitrogen and oxygen atoms in total. The molecule has 0 aliphatic heterocycles. The van der Waals surface area contributed by atoms with E-state index in [2.05, 4.69) is 128 Å². The number of aromatic nitrogens is 2. The van der Waals surface area contributed by atoms with E-state index in [0.717, 1.165) is 11.2 Å². The summed E-state index contributed by atoms with van der Waals surface area (Å²) in [5.41, 5.74) is 14.7. The van der Waals surface area contributed by atoms with Crippen LogP contribution in [-0.2, 0) is 6.54 Å². The second-order valence-electron chi connectivity index (χ2n) is 10.2. The average Bonchev–Trinajstić information content (AvgIpc) is 3.26. The number of hydrogen-bond donors (Lipinski definition) is 0. The van der Waals surface area contributed by atoms with Gasteiger partial charge in [0.25, 0.3) is 0 Å². The van der Waals surface area contributed by atoms with Gasteiger partial charge in [0.05, 0.1) is 23.8 Å². The molecule has 186 valence electrons. The van der Waals surface area contributed by atoms with Crippen LogP contribution in [0.3, 0.4) is 0 Å². The fourth-order valence-electron chi connectivity index (χ4n) is 5.96. The molecular weight excluding hydrogens is 462 g/mol. The number of aryl methyl sites for hydroxylation is 4. The molecule has 2 aromatic heterocycles. The first-order valence-corrected chi connectivity index (χ1v) is 13.1. The van der Waals surface area contributed by atoms with Crippen molar-refractivity contribution >= 4 is 28.5 Å². The Kier molecular flexibility index (Phi) is 5.92. The molecule has 0 unspecified atom stereocenters. The van der Waals surface area contributed by atoms with Crippen molar-refractivity contribution in [2.45, 2.75) is 34.2 Å². The van der Waals surface area contributed by atoms with Gasteiger partial charge in [-0.2, -0.15) is 0 Å². The molecule has 2 heterocycles. The highest BCUT2D eigenvalue weighted by Crippen LogP contribution is 2.40. The van der Waals surface area contributed by atoms with Crippen molar-refractivity contribution in [3.63, 3.8) is 0 Å². The standard InChI is InChI=1S/C35H31N3/c1-22-9-6-7-12-28(22)29-15-16-32-35(25(29)4)30-17-18-37-21-33(30)38(32)27-14-13-23(2)31(19-27)34-24(3)10-8-11-26(34)20-36-5/h6-19,21H,5,20H2,1-4H3. The Bertz CT molecular complexity index is 1860. The molecule has 0 radical (unpaired) electrons. The summed E-state index contributed by atoms with van der Waals surface area (Å²) in [6, 6.07) is 28.5. The third-order valence-electron chi connectivity index (χ3n) is 7.82. The molecule has 0 spiro atoms. The smallest absolute Gasteiger partial charge is 0.0724 e. The van der Waals surface area contributed by atoms with Crippen LogP contribution in [0.1, 0.15) is 27.8 Å². The van der Waals surface area contributed by atoms with Gasteiger partial charge in [-0.25, -0.2) is 0 Å². The molecule has 0 saturated heterocycles. The second-order valence-corrected chi connectivity index (χ2v) is 10.2. The lowest BCUT2D eigenvalue weighted by Gasteiger charge is -2.17. The molecular formula is C35H31N3. The lowest BCUT2D eigenvalue weighted by atomic mass is 9.91. The predicted molar refractivity (Wildman–Crippen MR) is 162 cm³/mol. The topological polar surface area (TPSA) is 30.2 Å². The van der Waals surface area contributed by atoms with Gasteiger partial charge < -0.3 is 4.57 Å². The van der Waals surface area contributed by atoms with E-state index in [1.54, 1.807) is 0 Å². The van der Waals surface area contributed by atoms with Crippen LogP contribution in [0, 0.1) is 27.7 Å². The summed E-state index contributed by atoms with van der Waals surface area (Å²) >= 11 is 0. The first kappa shape index (κ1) is 23.9. The van der Waals surface area contributed by atoms with Crippen molar-refractivity contribution in [3.8, 4) is 27.9 Å². The van der Waals surface area contributed by atoms with Crippen molar-refractivity contribution in [1.82, 2.24) is 9.55 Å². The molecule has 0 saturated carbocycles. The Hall–Kier alpha value is -4.50. The highest BCUT2D eigenvalue weighted by atomic mass is 15.0. The van der Waals surface area contributed by atoms with E-state index in [1.165, 1.54) is 66.4 Å². The highest BCUT2D eigenvalue weighted by Gasteiger charge is 2.19. The van der Waals surface area contributed by atoms with E-state index in [9.17, 15) is 0 Å². The Morgan fingerprint density at radius 2 is 1.53 bits per heavy atom. The summed E-state index contributed by atoms with van der Waals surface area (Å²) in [6.45, 7) is 13.1. The Labute approximate surface area is 224 Å². The molecule has 0 bridgehead atoms. The van der Waals surface area contributed by atoms with Crippen molar-refractivity contribution in [1.29, 1.82) is 0 Å². The number of pyridine rings is 1. The predicted octanol–water partition coefficient (Wildman–Crippen LogP) is 8.95. The third-order valence-corrected chi connectivity index (χ3v) is 7.82. The van der Waals surface area contributed by atoms with Gasteiger partial charge in [-0.3, -0.25) is 9.98 Å². The lowest BCUT2D eigenvalue weighted by molar-refractivity contribution is 1.08. The van der Waals surface area contributed by atoms with Crippen LogP contribution in [0.15, 0.2) is 96.2 Å². The SMILES string of the molecule is C=NCc1cccc(C)c1-c1cc(-n2c3cnccc3c3c(C)c(-c4ccccc4C)ccc32)ccc1C. The van der Waals surface area contributed by atoms with E-state index in [1.807, 2.05) is 12.4 Å². The maximum Gasteiger partial charge on any atom is 0.0724 e. The normalized spacial score (nSPS) is 11.4. The maximum atomic E-state index is 4.53. The average molecular weight is 494 g/mol. The maximum absolute atomic E-state index is 4.53. The van der Waals surface area contributed by atoms with Crippen LogP contribution in [0.4, 0.5) is 0 Å². The van der Waals surface area contributed by atoms with Crippen molar-refractivity contribution < 1.29 is 0 Å². The Morgan fingerprint density at radius 3 is 2.34 bits per heavy atom. The van der Waals surface area contributed by atoms with Crippen LogP contribution in [0.25, 0.3) is 49.7 Å². The first-order valence-electron chi connectivity index (χ1n) is 13.1. The van der Waals surface area contributed by atoms with E-state index in [-0.39, 0.29) is 0 Å². The zero-order chi connectivity index (χ0) is 26.4. The van der Waals surface area contributed by atoms with Gasteiger partial charge in [0.1, 0.15) is 0 Å². The molecule has 3 heteroatoms. The highest BCUT2D eigenvalue weighted by molar-refractivity contribution is 6.12. The van der Waals surface area contributed by atoms with Crippen molar-refractivity contribution in [2.75, 3.05) is 0 Å². The number of fused-ring (bicyclic) bond motifs is 3. The molecule has 0 atom stereocenters. The largest absolute Gasteiger partial charge is 0.308 e. The monoisotopic (exact) mass is 493 g/mol. The van der Waals surface area contributed by atoms with Gasteiger partial charge in [-0.05, 0) is 109 Å². The zero-order valence-corrected chi connectivity index (χ0v) is 22.4. The van der Waals surface area contributed by atoms with Crippen LogP contribution >= 0.6 is 0 Å². The summed E-state index contributed by atoms with van der Waals surface area (Å²) in [4.78, 5) is 8.73. The van der Waals surface area contributed by atoms with E-state index in [0.29, 0.717) is 6.54 Å². The van der Waals surface area contributed by atoms with E-state index >= 15 is 0 Å². The Morgan fingerprint density at radius 1 is 0.737 bits per heavy atom. The molecule has 4 aromatic carbocycles.